The van der Waals surface area contributed by atoms with Gasteiger partial charge in [-0.1, -0.05) is 22.9 Å². The van der Waals surface area contributed by atoms with Crippen molar-refractivity contribution in [3.05, 3.63) is 49.6 Å². The molecule has 0 spiro atoms. The summed E-state index contributed by atoms with van der Waals surface area (Å²) in [7, 11) is 0. The zero-order chi connectivity index (χ0) is 14.7. The van der Waals surface area contributed by atoms with Gasteiger partial charge in [0, 0.05) is 21.6 Å². The molecule has 0 aliphatic rings. The van der Waals surface area contributed by atoms with Crippen LogP contribution in [-0.4, -0.2) is 11.1 Å². The minimum atomic E-state index is -0.859. The lowest BCUT2D eigenvalue weighted by molar-refractivity contribution is 0.0702. The number of aryl methyl sites for hydroxylation is 2. The third-order valence-corrected chi connectivity index (χ3v) is 4.72. The predicted octanol–water partition coefficient (Wildman–Crippen LogP) is 4.69. The number of hydrogen-bond acceptors (Lipinski definition) is 3. The van der Waals surface area contributed by atoms with Gasteiger partial charge in [0.05, 0.1) is 0 Å². The van der Waals surface area contributed by atoms with Gasteiger partial charge in [-0.05, 0) is 48.7 Å². The molecular formula is C15H16BrNO2S. The Balaban J connectivity index is 2.14. The average Bonchev–Trinajstić information content (AvgIpc) is 2.79. The van der Waals surface area contributed by atoms with E-state index in [1.165, 1.54) is 16.9 Å². The fourth-order valence-electron chi connectivity index (χ4n) is 2.02. The fourth-order valence-corrected chi connectivity index (χ4v) is 3.31. The summed E-state index contributed by atoms with van der Waals surface area (Å²) < 4.78 is 1.07. The van der Waals surface area contributed by atoms with E-state index in [-0.39, 0.29) is 0 Å². The summed E-state index contributed by atoms with van der Waals surface area (Å²) in [6.07, 6.45) is 0.949. The highest BCUT2D eigenvalue weighted by atomic mass is 79.9. The van der Waals surface area contributed by atoms with Crippen molar-refractivity contribution in [1.82, 2.24) is 0 Å². The van der Waals surface area contributed by atoms with E-state index in [1.54, 1.807) is 6.07 Å². The molecular weight excluding hydrogens is 338 g/mol. The average molecular weight is 354 g/mol. The standard InChI is InChI=1S/C15H16BrNO2S/c1-3-10-6-12(16)4-5-13(10)17-8-11-7-14(15(18)19)20-9(11)2/h4-7,17H,3,8H2,1-2H3,(H,18,19). The summed E-state index contributed by atoms with van der Waals surface area (Å²) in [6.45, 7) is 4.71. The van der Waals surface area contributed by atoms with Gasteiger partial charge < -0.3 is 10.4 Å². The highest BCUT2D eigenvalue weighted by molar-refractivity contribution is 9.10. The zero-order valence-corrected chi connectivity index (χ0v) is 13.8. The van der Waals surface area contributed by atoms with Crippen LogP contribution >= 0.6 is 27.3 Å². The van der Waals surface area contributed by atoms with E-state index in [2.05, 4.69) is 34.2 Å². The maximum absolute atomic E-state index is 11.0. The van der Waals surface area contributed by atoms with Crippen LogP contribution in [0.5, 0.6) is 0 Å². The van der Waals surface area contributed by atoms with Crippen LogP contribution in [0.1, 0.15) is 32.6 Å². The minimum absolute atomic E-state index is 0.394. The van der Waals surface area contributed by atoms with Crippen LogP contribution in [0.3, 0.4) is 0 Å². The van der Waals surface area contributed by atoms with E-state index in [0.717, 1.165) is 27.0 Å². The molecule has 20 heavy (non-hydrogen) atoms. The molecule has 0 saturated heterocycles. The number of hydrogen-bond donors (Lipinski definition) is 2. The molecule has 0 bridgehead atoms. The number of carboxylic acid groups (broad SMARTS) is 1. The second kappa shape index (κ2) is 6.41. The molecule has 0 fully saturated rings. The summed E-state index contributed by atoms with van der Waals surface area (Å²) in [5.41, 5.74) is 3.38. The molecule has 3 nitrogen and oxygen atoms in total. The van der Waals surface area contributed by atoms with Crippen molar-refractivity contribution in [1.29, 1.82) is 0 Å². The topological polar surface area (TPSA) is 49.3 Å². The van der Waals surface area contributed by atoms with Gasteiger partial charge in [-0.3, -0.25) is 0 Å². The van der Waals surface area contributed by atoms with E-state index in [9.17, 15) is 4.79 Å². The summed E-state index contributed by atoms with van der Waals surface area (Å²) in [6, 6.07) is 7.90. The Morgan fingerprint density at radius 2 is 2.10 bits per heavy atom. The van der Waals surface area contributed by atoms with E-state index in [4.69, 9.17) is 5.11 Å². The van der Waals surface area contributed by atoms with Gasteiger partial charge in [0.2, 0.25) is 0 Å². The number of halogens is 1. The lowest BCUT2D eigenvalue weighted by Crippen LogP contribution is -2.02. The number of carbonyl (C=O) groups is 1. The Morgan fingerprint density at radius 3 is 2.70 bits per heavy atom. The molecule has 106 valence electrons. The maximum atomic E-state index is 11.0. The second-order valence-electron chi connectivity index (χ2n) is 4.51. The Labute approximate surface area is 130 Å². The first-order chi connectivity index (χ1) is 9.51. The molecule has 0 saturated carbocycles. The molecule has 0 radical (unpaired) electrons. The molecule has 2 rings (SSSR count). The number of benzene rings is 1. The summed E-state index contributed by atoms with van der Waals surface area (Å²) in [5, 5.41) is 12.4. The van der Waals surface area contributed by atoms with E-state index < -0.39 is 5.97 Å². The van der Waals surface area contributed by atoms with Crippen molar-refractivity contribution < 1.29 is 9.90 Å². The fraction of sp³-hybridized carbons (Fsp3) is 0.267. The largest absolute Gasteiger partial charge is 0.477 e. The minimum Gasteiger partial charge on any atom is -0.477 e. The SMILES string of the molecule is CCc1cc(Br)ccc1NCc1cc(C(=O)O)sc1C. The molecule has 0 aliphatic carbocycles. The first-order valence-electron chi connectivity index (χ1n) is 6.36. The van der Waals surface area contributed by atoms with Crippen molar-refractivity contribution in [3.63, 3.8) is 0 Å². The van der Waals surface area contributed by atoms with Crippen LogP contribution < -0.4 is 5.32 Å². The summed E-state index contributed by atoms with van der Waals surface area (Å²) in [4.78, 5) is 12.4. The lowest BCUT2D eigenvalue weighted by atomic mass is 10.1. The van der Waals surface area contributed by atoms with Crippen LogP contribution in [0, 0.1) is 6.92 Å². The number of carboxylic acids is 1. The second-order valence-corrected chi connectivity index (χ2v) is 6.68. The van der Waals surface area contributed by atoms with Gasteiger partial charge in [-0.2, -0.15) is 0 Å². The number of rotatable bonds is 5. The van der Waals surface area contributed by atoms with Crippen LogP contribution in [-0.2, 0) is 13.0 Å². The number of nitrogens with one attached hydrogen (secondary N) is 1. The monoisotopic (exact) mass is 353 g/mol. The number of thiophene rings is 1. The Bertz CT molecular complexity index is 637. The van der Waals surface area contributed by atoms with E-state index >= 15 is 0 Å². The molecule has 0 unspecified atom stereocenters. The molecule has 2 aromatic rings. The normalized spacial score (nSPS) is 10.6. The van der Waals surface area contributed by atoms with Crippen molar-refractivity contribution in [2.75, 3.05) is 5.32 Å². The van der Waals surface area contributed by atoms with Crippen LogP contribution in [0.15, 0.2) is 28.7 Å². The quantitative estimate of drug-likeness (QED) is 0.819. The van der Waals surface area contributed by atoms with Gasteiger partial charge >= 0.3 is 5.97 Å². The van der Waals surface area contributed by atoms with Gasteiger partial charge in [0.1, 0.15) is 4.88 Å². The smallest absolute Gasteiger partial charge is 0.345 e. The molecule has 5 heteroatoms. The third-order valence-electron chi connectivity index (χ3n) is 3.15. The van der Waals surface area contributed by atoms with E-state index in [1.807, 2.05) is 19.1 Å². The predicted molar refractivity (Wildman–Crippen MR) is 86.9 cm³/mol. The Kier molecular flexibility index (Phi) is 4.83. The number of anilines is 1. The van der Waals surface area contributed by atoms with Crippen molar-refractivity contribution in [3.8, 4) is 0 Å². The van der Waals surface area contributed by atoms with Crippen LogP contribution in [0.25, 0.3) is 0 Å². The van der Waals surface area contributed by atoms with Gasteiger partial charge in [0.15, 0.2) is 0 Å². The summed E-state index contributed by atoms with van der Waals surface area (Å²) in [5.74, 6) is -0.859. The molecule has 2 N–H and O–H groups in total. The van der Waals surface area contributed by atoms with Crippen molar-refractivity contribution in [2.45, 2.75) is 26.8 Å². The molecule has 1 aromatic carbocycles. The first kappa shape index (κ1) is 15.1. The highest BCUT2D eigenvalue weighted by Crippen LogP contribution is 2.25. The zero-order valence-electron chi connectivity index (χ0n) is 11.4. The molecule has 0 aliphatic heterocycles. The summed E-state index contributed by atoms with van der Waals surface area (Å²) >= 11 is 4.80. The Morgan fingerprint density at radius 1 is 1.35 bits per heavy atom. The van der Waals surface area contributed by atoms with Crippen LogP contribution in [0.4, 0.5) is 5.69 Å². The van der Waals surface area contributed by atoms with Gasteiger partial charge in [0.25, 0.3) is 0 Å². The van der Waals surface area contributed by atoms with Crippen molar-refractivity contribution >= 4 is 38.9 Å². The van der Waals surface area contributed by atoms with Gasteiger partial charge in [-0.25, -0.2) is 4.79 Å². The third kappa shape index (κ3) is 3.41. The highest BCUT2D eigenvalue weighted by Gasteiger charge is 2.11. The van der Waals surface area contributed by atoms with Crippen LogP contribution in [0.2, 0.25) is 0 Å². The lowest BCUT2D eigenvalue weighted by Gasteiger charge is -2.11. The molecule has 1 aromatic heterocycles. The molecule has 0 amide bonds. The maximum Gasteiger partial charge on any atom is 0.345 e. The number of aromatic carboxylic acids is 1. The molecule has 0 atom stereocenters. The first-order valence-corrected chi connectivity index (χ1v) is 7.97. The van der Waals surface area contributed by atoms with E-state index in [0.29, 0.717) is 11.4 Å². The van der Waals surface area contributed by atoms with Gasteiger partial charge in [-0.15, -0.1) is 11.3 Å². The molecule has 1 heterocycles. The van der Waals surface area contributed by atoms with Crippen molar-refractivity contribution in [2.24, 2.45) is 0 Å². The Hall–Kier alpha value is -1.33.